The van der Waals surface area contributed by atoms with Gasteiger partial charge in [-0.15, -0.1) is 0 Å². The maximum atomic E-state index is 9.75. The molecular formula is C3H3CaMgOP. The third-order valence-electron chi connectivity index (χ3n) is 0.228. The second-order valence-electron chi connectivity index (χ2n) is 0.670. The third kappa shape index (κ3) is 18.1. The smallest absolute Gasteiger partial charge is 0 e. The molecule has 4 heteroatoms. The molecule has 0 unspecified atom stereocenters. The van der Waals surface area contributed by atoms with Crippen molar-refractivity contribution in [3.8, 4) is 0 Å². The van der Waals surface area contributed by atoms with Gasteiger partial charge >= 0.3 is 55.1 Å². The summed E-state index contributed by atoms with van der Waals surface area (Å²) in [4.78, 5) is 9.75. The minimum atomic E-state index is 0. The summed E-state index contributed by atoms with van der Waals surface area (Å²) >= 11 is 0.698. The summed E-state index contributed by atoms with van der Waals surface area (Å²) in [5.41, 5.74) is 0. The predicted molar refractivity (Wildman–Crippen MR) is 33.6 cm³/mol. The summed E-state index contributed by atoms with van der Waals surface area (Å²) in [6.45, 7) is 3.24. The summed E-state index contributed by atoms with van der Waals surface area (Å²) in [5, 5.41) is 0. The molecule has 0 amide bonds. The molecule has 0 fully saturated rings. The van der Waals surface area contributed by atoms with Gasteiger partial charge in [0, 0.05) is 33.0 Å². The van der Waals surface area contributed by atoms with Crippen molar-refractivity contribution < 1.29 is 4.79 Å². The summed E-state index contributed by atoms with van der Waals surface area (Å²) < 4.78 is 0.144. The molecule has 0 saturated heterocycles. The van der Waals surface area contributed by atoms with Crippen LogP contribution in [0.3, 0.4) is 0 Å². The van der Waals surface area contributed by atoms with Crippen LogP contribution < -0.4 is 0 Å². The molecule has 0 aliphatic heterocycles. The molecule has 0 rings (SSSR count). The van der Waals surface area contributed by atoms with E-state index in [2.05, 4.69) is 6.58 Å². The van der Waals surface area contributed by atoms with Crippen molar-refractivity contribution >= 4 is 70.6 Å². The second-order valence-corrected chi connectivity index (χ2v) is 1.76. The van der Waals surface area contributed by atoms with Crippen LogP contribution in [0.2, 0.25) is 0 Å². The molecule has 0 aliphatic rings. The van der Waals surface area contributed by atoms with E-state index in [0.717, 1.165) is 0 Å². The Morgan fingerprint density at radius 2 is 1.86 bits per heavy atom. The van der Waals surface area contributed by atoms with Crippen LogP contribution in [-0.4, -0.2) is 60.7 Å². The van der Waals surface area contributed by atoms with Gasteiger partial charge in [-0.2, -0.15) is 0 Å². The van der Waals surface area contributed by atoms with Crippen molar-refractivity contribution in [2.24, 2.45) is 0 Å². The van der Waals surface area contributed by atoms with Gasteiger partial charge in [0.1, 0.15) is 0 Å². The van der Waals surface area contributed by atoms with E-state index in [0.29, 0.717) is 35.8 Å². The molecule has 30 valence electrons. The molecule has 0 N–H and O–H groups in total. The van der Waals surface area contributed by atoms with Gasteiger partial charge in [0.15, 0.2) is 0 Å². The van der Waals surface area contributed by atoms with Crippen molar-refractivity contribution in [1.82, 2.24) is 0 Å². The fraction of sp³-hybridized carbons (Fsp3) is 0. The molecule has 6 radical (unpaired) electrons. The molecule has 0 aliphatic carbocycles. The van der Waals surface area contributed by atoms with Crippen molar-refractivity contribution in [2.75, 3.05) is 0 Å². The second kappa shape index (κ2) is 10.8. The Morgan fingerprint density at radius 1 is 1.71 bits per heavy atom. The van der Waals surface area contributed by atoms with E-state index in [9.17, 15) is 4.79 Å². The average Bonchev–Trinajstić information content (AvgIpc) is 1.38. The molecule has 1 nitrogen and oxygen atoms in total. The molecule has 7 heavy (non-hydrogen) atoms. The zero-order chi connectivity index (χ0) is 4.28. The van der Waals surface area contributed by atoms with Gasteiger partial charge in [-0.1, -0.05) is 0 Å². The fourth-order valence-electron chi connectivity index (χ4n) is 0. The van der Waals surface area contributed by atoms with E-state index >= 15 is 0 Å². The minimum Gasteiger partial charge on any atom is 0 e. The number of allylic oxidation sites excluding steroid dienone is 1. The van der Waals surface area contributed by atoms with E-state index in [-0.39, 0.29) is 34.8 Å². The summed E-state index contributed by atoms with van der Waals surface area (Å²) in [5.74, 6) is 0. The Morgan fingerprint density at radius 3 is 1.86 bits per heavy atom. The maximum absolute atomic E-state index is 9.75. The Balaban J connectivity index is -0.0000000800. The van der Waals surface area contributed by atoms with Crippen LogP contribution in [0.1, 0.15) is 0 Å². The first kappa shape index (κ1) is 15.9. The Labute approximate surface area is 86.7 Å². The standard InChI is InChI=1S/C3H3O.Ca.Mg.P/c1-2-3-4;;;/h2H,1H2;;;. The van der Waals surface area contributed by atoms with Gasteiger partial charge in [0.05, 0.1) is 0 Å². The zero-order valence-electron chi connectivity index (χ0n) is 4.05. The summed E-state index contributed by atoms with van der Waals surface area (Å²) in [7, 11) is 0. The number of hydrogen-bond donors (Lipinski definition) is 0. The Kier molecular flexibility index (Phi) is 24.5. The number of carbonyl (C=O) groups excluding carboxylic acids is 1. The first-order valence-electron chi connectivity index (χ1n) is 1.25. The van der Waals surface area contributed by atoms with Crippen molar-refractivity contribution in [3.63, 3.8) is 0 Å². The average molecular weight is 150 g/mol. The van der Waals surface area contributed by atoms with Gasteiger partial charge in [0.2, 0.25) is 0 Å². The first-order valence-corrected chi connectivity index (χ1v) is 2.36. The van der Waals surface area contributed by atoms with Crippen LogP contribution in [0.4, 0.5) is 0 Å². The van der Waals surface area contributed by atoms with E-state index in [1.807, 2.05) is 0 Å². The monoisotopic (exact) mass is 150 g/mol. The molecule has 0 atom stereocenters. The molecule has 0 aromatic heterocycles. The van der Waals surface area contributed by atoms with E-state index in [4.69, 9.17) is 0 Å². The molecule has 0 saturated carbocycles. The van der Waals surface area contributed by atoms with Crippen molar-refractivity contribution in [3.05, 3.63) is 12.7 Å². The normalized spacial score (nSPS) is 4.43. The van der Waals surface area contributed by atoms with Crippen LogP contribution in [0, 0.1) is 0 Å². The molecule has 0 heterocycles. The Bertz CT molecular complexity index is 66.0. The van der Waals surface area contributed by atoms with Gasteiger partial charge in [-0.3, -0.25) is 0 Å². The molecule has 0 bridgehead atoms. The Hall–Kier alpha value is 1.87. The van der Waals surface area contributed by atoms with Crippen molar-refractivity contribution in [1.29, 1.82) is 0 Å². The van der Waals surface area contributed by atoms with Gasteiger partial charge in [0.25, 0.3) is 0 Å². The van der Waals surface area contributed by atoms with Gasteiger partial charge in [-0.05, 0) is 0 Å². The van der Waals surface area contributed by atoms with Gasteiger partial charge in [-0.25, -0.2) is 0 Å². The summed E-state index contributed by atoms with van der Waals surface area (Å²) in [6.07, 6.45) is 1.33. The molecular weight excluding hydrogens is 147 g/mol. The van der Waals surface area contributed by atoms with E-state index in [1.165, 1.54) is 6.08 Å². The SMILES string of the molecule is C=C[C](=O)[Ca].[Mg].[P]. The summed E-state index contributed by atoms with van der Waals surface area (Å²) in [6, 6.07) is 0. The van der Waals surface area contributed by atoms with Gasteiger partial charge < -0.3 is 0 Å². The van der Waals surface area contributed by atoms with Crippen LogP contribution in [0.15, 0.2) is 12.7 Å². The van der Waals surface area contributed by atoms with Crippen molar-refractivity contribution in [2.45, 2.75) is 0 Å². The van der Waals surface area contributed by atoms with Crippen LogP contribution >= 0.6 is 9.90 Å². The number of rotatable bonds is 1. The van der Waals surface area contributed by atoms with E-state index < -0.39 is 0 Å². The minimum absolute atomic E-state index is 0. The topological polar surface area (TPSA) is 17.1 Å². The van der Waals surface area contributed by atoms with E-state index in [1.54, 1.807) is 0 Å². The molecule has 0 aromatic rings. The maximum Gasteiger partial charge on any atom is 0 e. The van der Waals surface area contributed by atoms with Crippen LogP contribution in [-0.2, 0) is 4.79 Å². The van der Waals surface area contributed by atoms with Crippen LogP contribution in [0.5, 0.6) is 0 Å². The largest absolute Gasteiger partial charge is 0 e. The first-order chi connectivity index (χ1) is 2.27. The fourth-order valence-corrected chi connectivity index (χ4v) is 0. The third-order valence-corrected chi connectivity index (χ3v) is 0.678. The van der Waals surface area contributed by atoms with Crippen LogP contribution in [0.25, 0.3) is 0 Å². The molecule has 0 spiro atoms. The quantitative estimate of drug-likeness (QED) is 0.299. The number of hydrogen-bond acceptors (Lipinski definition) is 1. The predicted octanol–water partition coefficient (Wildman–Crippen LogP) is 0.348. The zero-order valence-corrected chi connectivity index (χ0v) is 8.57. The molecule has 0 aromatic carbocycles. The number of carbonyl (C=O) groups is 1.